The van der Waals surface area contributed by atoms with Crippen LogP contribution in [0.2, 0.25) is 0 Å². The first-order valence-electron chi connectivity index (χ1n) is 14.4. The Morgan fingerprint density at radius 1 is 0.590 bits per heavy atom. The van der Waals surface area contributed by atoms with Crippen molar-refractivity contribution in [3.63, 3.8) is 0 Å². The van der Waals surface area contributed by atoms with E-state index in [1.54, 1.807) is 0 Å². The molecule has 0 fully saturated rings. The lowest BCUT2D eigenvalue weighted by atomic mass is 9.76. The van der Waals surface area contributed by atoms with Gasteiger partial charge < -0.3 is 5.32 Å². The molecule has 0 saturated heterocycles. The summed E-state index contributed by atoms with van der Waals surface area (Å²) in [5, 5.41) is 3.45. The number of nitrogens with one attached hydrogen (secondary N) is 1. The Kier molecular flexibility index (Phi) is 8.14. The standard InChI is InChI=1S/C19H23N.C18H18O/c1-13-8-9-15(12-14(13)2)16-10-11-19(20-3)18-7-5-4-6-17(16)18;1-12-7-8-14(11-13(12)2)15-9-10-18(19)17-6-4-3-5-16(15)17/h4-9,12,16,19-20H,10-11H2,1-3H3;3-8,11,15H,9-10H2,1-2H3/t16-,19-;15-/m00/s1. The van der Waals surface area contributed by atoms with Gasteiger partial charge in [0.05, 0.1) is 0 Å². The van der Waals surface area contributed by atoms with Crippen LogP contribution in [0.15, 0.2) is 84.9 Å². The summed E-state index contributed by atoms with van der Waals surface area (Å²) in [6, 6.07) is 31.1. The molecule has 0 radical (unpaired) electrons. The molecule has 2 heteroatoms. The minimum absolute atomic E-state index is 0.288. The fourth-order valence-corrected chi connectivity index (χ4v) is 6.37. The fourth-order valence-electron chi connectivity index (χ4n) is 6.37. The summed E-state index contributed by atoms with van der Waals surface area (Å²) in [6.45, 7) is 8.69. The summed E-state index contributed by atoms with van der Waals surface area (Å²) in [5.74, 6) is 1.21. The molecule has 200 valence electrons. The monoisotopic (exact) mass is 515 g/mol. The molecule has 0 amide bonds. The number of carbonyl (C=O) groups is 1. The van der Waals surface area contributed by atoms with E-state index in [1.807, 2.05) is 18.2 Å². The highest BCUT2D eigenvalue weighted by Crippen LogP contribution is 2.41. The van der Waals surface area contributed by atoms with E-state index in [2.05, 4.69) is 107 Å². The summed E-state index contributed by atoms with van der Waals surface area (Å²) < 4.78 is 0. The van der Waals surface area contributed by atoms with E-state index in [0.717, 1.165) is 12.0 Å². The third kappa shape index (κ3) is 5.63. The van der Waals surface area contributed by atoms with Crippen LogP contribution in [-0.2, 0) is 0 Å². The molecule has 0 aromatic heterocycles. The zero-order valence-electron chi connectivity index (χ0n) is 24.1. The number of hydrogen-bond acceptors (Lipinski definition) is 2. The second-order valence-electron chi connectivity index (χ2n) is 11.4. The van der Waals surface area contributed by atoms with Gasteiger partial charge in [-0.2, -0.15) is 0 Å². The number of benzene rings is 4. The number of Topliss-reactive ketones (excluding diaryl/α,β-unsaturated/α-hetero) is 1. The molecule has 0 aliphatic heterocycles. The lowest BCUT2D eigenvalue weighted by molar-refractivity contribution is 0.0969. The molecule has 3 atom stereocenters. The maximum atomic E-state index is 12.0. The molecule has 2 nitrogen and oxygen atoms in total. The van der Waals surface area contributed by atoms with Crippen LogP contribution >= 0.6 is 0 Å². The predicted molar refractivity (Wildman–Crippen MR) is 163 cm³/mol. The third-order valence-electron chi connectivity index (χ3n) is 9.00. The summed E-state index contributed by atoms with van der Waals surface area (Å²) in [5.41, 5.74) is 13.3. The zero-order chi connectivity index (χ0) is 27.5. The average molecular weight is 516 g/mol. The second-order valence-corrected chi connectivity index (χ2v) is 11.4. The highest BCUT2D eigenvalue weighted by molar-refractivity contribution is 5.99. The van der Waals surface area contributed by atoms with Crippen LogP contribution < -0.4 is 5.32 Å². The number of aryl methyl sites for hydroxylation is 4. The van der Waals surface area contributed by atoms with Gasteiger partial charge in [0.2, 0.25) is 0 Å². The molecular weight excluding hydrogens is 474 g/mol. The van der Waals surface area contributed by atoms with E-state index in [4.69, 9.17) is 0 Å². The van der Waals surface area contributed by atoms with Crippen molar-refractivity contribution < 1.29 is 4.79 Å². The van der Waals surface area contributed by atoms with E-state index in [0.29, 0.717) is 24.3 Å². The van der Waals surface area contributed by atoms with Crippen LogP contribution in [0.3, 0.4) is 0 Å². The normalized spacial score (nSPS) is 19.9. The molecule has 0 heterocycles. The Morgan fingerprint density at radius 2 is 1.13 bits per heavy atom. The highest BCUT2D eigenvalue weighted by Gasteiger charge is 2.28. The van der Waals surface area contributed by atoms with Gasteiger partial charge in [-0.15, -0.1) is 0 Å². The molecule has 6 rings (SSSR count). The van der Waals surface area contributed by atoms with Gasteiger partial charge in [-0.05, 0) is 104 Å². The van der Waals surface area contributed by atoms with Crippen LogP contribution in [0.25, 0.3) is 0 Å². The Bertz CT molecular complexity index is 1480. The Morgan fingerprint density at radius 3 is 1.72 bits per heavy atom. The van der Waals surface area contributed by atoms with Gasteiger partial charge in [-0.3, -0.25) is 4.79 Å². The van der Waals surface area contributed by atoms with Crippen molar-refractivity contribution in [3.05, 3.63) is 141 Å². The van der Waals surface area contributed by atoms with E-state index < -0.39 is 0 Å². The molecule has 0 saturated carbocycles. The van der Waals surface area contributed by atoms with Crippen molar-refractivity contribution in [2.75, 3.05) is 7.05 Å². The number of hydrogen-bond donors (Lipinski definition) is 1. The van der Waals surface area contributed by atoms with Gasteiger partial charge >= 0.3 is 0 Å². The second kappa shape index (κ2) is 11.7. The van der Waals surface area contributed by atoms with Crippen molar-refractivity contribution in [1.29, 1.82) is 0 Å². The van der Waals surface area contributed by atoms with Crippen LogP contribution in [0.5, 0.6) is 0 Å². The quantitative estimate of drug-likeness (QED) is 0.295. The van der Waals surface area contributed by atoms with E-state index in [1.165, 1.54) is 62.9 Å². The van der Waals surface area contributed by atoms with Crippen LogP contribution in [0, 0.1) is 27.7 Å². The van der Waals surface area contributed by atoms with E-state index in [-0.39, 0.29) is 5.78 Å². The number of ketones is 1. The molecule has 4 aromatic carbocycles. The molecule has 1 N–H and O–H groups in total. The molecule has 4 aromatic rings. The molecule has 0 spiro atoms. The minimum Gasteiger partial charge on any atom is -0.313 e. The Balaban J connectivity index is 0.000000158. The van der Waals surface area contributed by atoms with E-state index >= 15 is 0 Å². The van der Waals surface area contributed by atoms with Crippen molar-refractivity contribution in [1.82, 2.24) is 5.32 Å². The third-order valence-corrected chi connectivity index (χ3v) is 9.00. The van der Waals surface area contributed by atoms with Crippen LogP contribution in [0.1, 0.15) is 104 Å². The van der Waals surface area contributed by atoms with Gasteiger partial charge in [-0.1, -0.05) is 84.9 Å². The van der Waals surface area contributed by atoms with Crippen molar-refractivity contribution in [3.8, 4) is 0 Å². The summed E-state index contributed by atoms with van der Waals surface area (Å²) in [4.78, 5) is 12.0. The van der Waals surface area contributed by atoms with Crippen molar-refractivity contribution >= 4 is 5.78 Å². The number of fused-ring (bicyclic) bond motifs is 2. The van der Waals surface area contributed by atoms with Crippen molar-refractivity contribution in [2.45, 2.75) is 71.3 Å². The molecule has 39 heavy (non-hydrogen) atoms. The van der Waals surface area contributed by atoms with Crippen molar-refractivity contribution in [2.24, 2.45) is 0 Å². The molecule has 0 unspecified atom stereocenters. The average Bonchev–Trinajstić information content (AvgIpc) is 2.96. The van der Waals surface area contributed by atoms with Gasteiger partial charge in [0.1, 0.15) is 0 Å². The molecule has 2 aliphatic carbocycles. The van der Waals surface area contributed by atoms with E-state index in [9.17, 15) is 4.79 Å². The SMILES string of the molecule is CN[C@H]1CC[C@@H](c2ccc(C)c(C)c2)c2ccccc21.Cc1ccc([C@@H]2CCC(=O)c3ccccc32)cc1C. The minimum atomic E-state index is 0.288. The first-order chi connectivity index (χ1) is 18.9. The van der Waals surface area contributed by atoms with Crippen LogP contribution in [-0.4, -0.2) is 12.8 Å². The largest absolute Gasteiger partial charge is 0.313 e. The lowest BCUT2D eigenvalue weighted by Crippen LogP contribution is -2.24. The fraction of sp³-hybridized carbons (Fsp3) is 0.324. The predicted octanol–water partition coefficient (Wildman–Crippen LogP) is 8.90. The Labute approximate surface area is 234 Å². The Hall–Kier alpha value is -3.49. The summed E-state index contributed by atoms with van der Waals surface area (Å²) in [7, 11) is 2.07. The smallest absolute Gasteiger partial charge is 0.163 e. The lowest BCUT2D eigenvalue weighted by Gasteiger charge is -2.32. The first-order valence-corrected chi connectivity index (χ1v) is 14.4. The maximum absolute atomic E-state index is 12.0. The zero-order valence-corrected chi connectivity index (χ0v) is 24.1. The first kappa shape index (κ1) is 27.1. The summed E-state index contributed by atoms with van der Waals surface area (Å²) in [6.07, 6.45) is 4.03. The van der Waals surface area contributed by atoms with Gasteiger partial charge in [0.15, 0.2) is 5.78 Å². The highest BCUT2D eigenvalue weighted by atomic mass is 16.1. The van der Waals surface area contributed by atoms with Gasteiger partial charge in [0, 0.05) is 29.9 Å². The molecular formula is C37H41NO. The number of rotatable bonds is 3. The van der Waals surface area contributed by atoms with Gasteiger partial charge in [0.25, 0.3) is 0 Å². The molecule has 2 aliphatic rings. The van der Waals surface area contributed by atoms with Gasteiger partial charge in [-0.25, -0.2) is 0 Å². The summed E-state index contributed by atoms with van der Waals surface area (Å²) >= 11 is 0. The number of carbonyl (C=O) groups excluding carboxylic acids is 1. The molecule has 0 bridgehead atoms. The topological polar surface area (TPSA) is 29.1 Å². The maximum Gasteiger partial charge on any atom is 0.163 e. The van der Waals surface area contributed by atoms with Crippen LogP contribution in [0.4, 0.5) is 0 Å².